The maximum absolute atomic E-state index is 14.3. The van der Waals surface area contributed by atoms with E-state index < -0.39 is 24.5 Å². The number of unbranched alkanes of at least 4 members (excludes halogenated alkanes) is 1. The second-order valence-electron chi connectivity index (χ2n) is 6.92. The van der Waals surface area contributed by atoms with Gasteiger partial charge < -0.3 is 15.5 Å². The van der Waals surface area contributed by atoms with Crippen LogP contribution in [0.15, 0.2) is 40.6 Å². The Morgan fingerprint density at radius 3 is 2.80 bits per heavy atom. The molecule has 0 aromatic carbocycles. The van der Waals surface area contributed by atoms with E-state index in [-0.39, 0.29) is 24.4 Å². The number of nitrogens with one attached hydrogen (secondary N) is 2. The molecule has 1 aliphatic heterocycles. The number of nitrogens with zero attached hydrogens (tertiary/aromatic N) is 1. The molecule has 30 heavy (non-hydrogen) atoms. The number of nitrogens with two attached hydrogens (primary N) is 1. The highest BCUT2D eigenvalue weighted by atomic mass is 32.1. The molecule has 0 bridgehead atoms. The average Bonchev–Trinajstić information content (AvgIpc) is 2.65. The van der Waals surface area contributed by atoms with Gasteiger partial charge in [-0.2, -0.15) is 0 Å². The molecule has 2 rings (SSSR count). The van der Waals surface area contributed by atoms with E-state index in [2.05, 4.69) is 20.5 Å². The molecule has 0 saturated heterocycles. The predicted molar refractivity (Wildman–Crippen MR) is 109 cm³/mol. The molecular formula is C19H24F4N4O2S. The van der Waals surface area contributed by atoms with Gasteiger partial charge in [0.1, 0.15) is 11.6 Å². The number of carbonyl (C=O) groups excluding carboxylic acids is 1. The van der Waals surface area contributed by atoms with E-state index in [1.54, 1.807) is 12.2 Å². The molecule has 6 nitrogen and oxygen atoms in total. The highest BCUT2D eigenvalue weighted by molar-refractivity contribution is 7.80. The zero-order chi connectivity index (χ0) is 22.1. The van der Waals surface area contributed by atoms with Crippen molar-refractivity contribution in [2.24, 2.45) is 16.8 Å². The number of amides is 1. The molecule has 11 heteroatoms. The summed E-state index contributed by atoms with van der Waals surface area (Å²) >= 11 is 4.94. The van der Waals surface area contributed by atoms with Crippen LogP contribution in [0.25, 0.3) is 0 Å². The zero-order valence-electron chi connectivity index (χ0n) is 16.2. The maximum Gasteiger partial charge on any atom is 0.572 e. The summed E-state index contributed by atoms with van der Waals surface area (Å²) in [7, 11) is 0. The lowest BCUT2D eigenvalue weighted by Crippen LogP contribution is -2.33. The van der Waals surface area contributed by atoms with Crippen molar-refractivity contribution in [1.82, 2.24) is 10.7 Å². The van der Waals surface area contributed by atoms with Crippen LogP contribution in [0.2, 0.25) is 0 Å². The van der Waals surface area contributed by atoms with Gasteiger partial charge in [0.05, 0.1) is 11.4 Å². The number of alkyl halides is 4. The minimum atomic E-state index is -4.77. The van der Waals surface area contributed by atoms with Crippen LogP contribution in [0.1, 0.15) is 44.9 Å². The van der Waals surface area contributed by atoms with Gasteiger partial charge in [0.15, 0.2) is 6.30 Å². The van der Waals surface area contributed by atoms with Gasteiger partial charge >= 0.3 is 6.36 Å². The van der Waals surface area contributed by atoms with Crippen molar-refractivity contribution in [3.05, 3.63) is 35.6 Å². The average molecular weight is 448 g/mol. The Morgan fingerprint density at radius 1 is 1.37 bits per heavy atom. The fourth-order valence-electron chi connectivity index (χ4n) is 3.09. The summed E-state index contributed by atoms with van der Waals surface area (Å²) in [5.74, 6) is 4.15. The molecule has 2 atom stereocenters. The molecule has 2 aliphatic rings. The Kier molecular flexibility index (Phi) is 8.97. The van der Waals surface area contributed by atoms with Gasteiger partial charge in [-0.1, -0.05) is 30.8 Å². The number of aliphatic imine (C=N–C) groups is 1. The molecule has 1 aliphatic carbocycles. The fraction of sp³-hybridized carbons (Fsp3) is 0.526. The SMILES string of the molecule is NNC(=S)CCCCC1C=CC(NC(=O)CC2=CCCC(OC(F)(F)F)=C2)=NC1F. The molecule has 0 aromatic rings. The standard InChI is InChI=1S/C19H24F4N4O2S/c20-18-13(5-1-2-7-17(30)27-24)8-9-15(26-18)25-16(28)11-12-4-3-6-14(10-12)29-19(21,22)23/h4,8-10,13,18H,1-3,5-7,11,24H2,(H,27,30)(H,25,26,28). The topological polar surface area (TPSA) is 88.7 Å². The van der Waals surface area contributed by atoms with Crippen molar-refractivity contribution in [3.63, 3.8) is 0 Å². The molecule has 0 radical (unpaired) electrons. The summed E-state index contributed by atoms with van der Waals surface area (Å²) in [4.78, 5) is 16.6. The van der Waals surface area contributed by atoms with Gasteiger partial charge in [-0.3, -0.25) is 10.6 Å². The van der Waals surface area contributed by atoms with Gasteiger partial charge in [0.25, 0.3) is 0 Å². The fourth-order valence-corrected chi connectivity index (χ4v) is 3.23. The van der Waals surface area contributed by atoms with Crippen molar-refractivity contribution in [2.75, 3.05) is 0 Å². The van der Waals surface area contributed by atoms with Crippen LogP contribution < -0.4 is 16.6 Å². The Morgan fingerprint density at radius 2 is 2.13 bits per heavy atom. The van der Waals surface area contributed by atoms with Crippen LogP contribution in [0.4, 0.5) is 17.6 Å². The Labute approximate surface area is 177 Å². The van der Waals surface area contributed by atoms with Gasteiger partial charge in [0.2, 0.25) is 5.91 Å². The van der Waals surface area contributed by atoms with E-state index in [4.69, 9.17) is 18.1 Å². The van der Waals surface area contributed by atoms with Gasteiger partial charge in [-0.25, -0.2) is 9.38 Å². The first-order valence-corrected chi connectivity index (χ1v) is 9.92. The van der Waals surface area contributed by atoms with Crippen molar-refractivity contribution in [3.8, 4) is 0 Å². The molecule has 0 fully saturated rings. The van der Waals surface area contributed by atoms with E-state index in [0.29, 0.717) is 29.8 Å². The number of hydrogen-bond donors (Lipinski definition) is 3. The molecule has 4 N–H and O–H groups in total. The number of ether oxygens (including phenoxy) is 1. The number of amidine groups is 1. The molecule has 0 spiro atoms. The van der Waals surface area contributed by atoms with Crippen LogP contribution >= 0.6 is 12.2 Å². The highest BCUT2D eigenvalue weighted by Crippen LogP contribution is 2.28. The Bertz CT molecular complexity index is 762. The first kappa shape index (κ1) is 24.0. The quantitative estimate of drug-likeness (QED) is 0.131. The van der Waals surface area contributed by atoms with E-state index >= 15 is 0 Å². The number of thiocarbonyl (C=S) groups is 1. The van der Waals surface area contributed by atoms with Crippen molar-refractivity contribution in [2.45, 2.75) is 57.6 Å². The van der Waals surface area contributed by atoms with Crippen LogP contribution in [0.5, 0.6) is 0 Å². The number of hydrogen-bond acceptors (Lipinski definition) is 5. The molecule has 0 aromatic heterocycles. The number of halogens is 4. The Balaban J connectivity index is 1.79. The third-order valence-corrected chi connectivity index (χ3v) is 4.81. The lowest BCUT2D eigenvalue weighted by Gasteiger charge is -2.20. The Hall–Kier alpha value is -2.27. The van der Waals surface area contributed by atoms with E-state index in [1.165, 1.54) is 12.2 Å². The monoisotopic (exact) mass is 448 g/mol. The van der Waals surface area contributed by atoms with Gasteiger partial charge in [0, 0.05) is 12.3 Å². The lowest BCUT2D eigenvalue weighted by atomic mass is 9.98. The predicted octanol–water partition coefficient (Wildman–Crippen LogP) is 3.86. The van der Waals surface area contributed by atoms with Crippen molar-refractivity contribution in [1.29, 1.82) is 0 Å². The smallest absolute Gasteiger partial charge is 0.410 e. The summed E-state index contributed by atoms with van der Waals surface area (Å²) < 4.78 is 55.2. The molecule has 166 valence electrons. The van der Waals surface area contributed by atoms with E-state index in [1.807, 2.05) is 0 Å². The molecule has 2 unspecified atom stereocenters. The summed E-state index contributed by atoms with van der Waals surface area (Å²) in [5.41, 5.74) is 2.80. The van der Waals surface area contributed by atoms with Crippen molar-refractivity contribution < 1.29 is 27.1 Å². The van der Waals surface area contributed by atoms with Gasteiger partial charge in [-0.05, 0) is 43.4 Å². The largest absolute Gasteiger partial charge is 0.572 e. The third-order valence-electron chi connectivity index (χ3n) is 4.49. The van der Waals surface area contributed by atoms with E-state index in [0.717, 1.165) is 12.8 Å². The molecule has 1 heterocycles. The zero-order valence-corrected chi connectivity index (χ0v) is 17.0. The normalized spacial score (nSPS) is 21.3. The third kappa shape index (κ3) is 8.62. The van der Waals surface area contributed by atoms with Crippen LogP contribution in [-0.4, -0.2) is 29.4 Å². The minimum absolute atomic E-state index is 0.0874. The number of dihydropyridines is 1. The maximum atomic E-state index is 14.3. The first-order chi connectivity index (χ1) is 14.2. The van der Waals surface area contributed by atoms with Crippen LogP contribution in [0, 0.1) is 5.92 Å². The van der Waals surface area contributed by atoms with Crippen LogP contribution in [0.3, 0.4) is 0 Å². The summed E-state index contributed by atoms with van der Waals surface area (Å²) in [6, 6.07) is 0. The van der Waals surface area contributed by atoms with Crippen molar-refractivity contribution >= 4 is 28.9 Å². The summed E-state index contributed by atoms with van der Waals surface area (Å²) in [6.45, 7) is 0. The molecular weight excluding hydrogens is 424 g/mol. The number of rotatable bonds is 8. The van der Waals surface area contributed by atoms with E-state index in [9.17, 15) is 22.4 Å². The minimum Gasteiger partial charge on any atom is -0.410 e. The second kappa shape index (κ2) is 11.2. The number of allylic oxidation sites excluding steroid dienone is 3. The number of carbonyl (C=O) groups is 1. The summed E-state index contributed by atoms with van der Waals surface area (Å²) in [5, 5.41) is 2.48. The number of hydrazine groups is 1. The second-order valence-corrected chi connectivity index (χ2v) is 7.42. The van der Waals surface area contributed by atoms with Gasteiger partial charge in [-0.15, -0.1) is 13.2 Å². The molecule has 0 saturated carbocycles. The highest BCUT2D eigenvalue weighted by Gasteiger charge is 2.32. The first-order valence-electron chi connectivity index (χ1n) is 9.51. The molecule has 1 amide bonds. The summed E-state index contributed by atoms with van der Waals surface area (Å²) in [6.07, 6.45) is 2.83. The van der Waals surface area contributed by atoms with Crippen LogP contribution in [-0.2, 0) is 9.53 Å². The lowest BCUT2D eigenvalue weighted by molar-refractivity contribution is -0.306.